The number of ether oxygens (including phenoxy) is 1. The van der Waals surface area contributed by atoms with Gasteiger partial charge in [-0.1, -0.05) is 48.0 Å². The van der Waals surface area contributed by atoms with Crippen LogP contribution in [0.5, 0.6) is 0 Å². The zero-order valence-electron chi connectivity index (χ0n) is 14.6. The van der Waals surface area contributed by atoms with Crippen LogP contribution in [0.4, 0.5) is 0 Å². The van der Waals surface area contributed by atoms with Crippen molar-refractivity contribution >= 4 is 10.8 Å². The second kappa shape index (κ2) is 8.75. The molecule has 0 aromatic heterocycles. The van der Waals surface area contributed by atoms with Gasteiger partial charge in [0.15, 0.2) is 0 Å². The Balaban J connectivity index is 1.35. The lowest BCUT2D eigenvalue weighted by atomic mass is 10.2. The molecule has 0 radical (unpaired) electrons. The first-order chi connectivity index (χ1) is 12.1. The Labute approximate surface area is 152 Å². The van der Waals surface area contributed by atoms with Gasteiger partial charge in [-0.2, -0.15) is 0 Å². The Kier molecular flexibility index (Phi) is 6.40. The third-order valence-corrected chi connectivity index (χ3v) is 6.26. The minimum absolute atomic E-state index is 0.273. The van der Waals surface area contributed by atoms with Crippen molar-refractivity contribution in [2.24, 2.45) is 11.8 Å². The number of hydrogen-bond donors (Lipinski definition) is 1. The van der Waals surface area contributed by atoms with Crippen molar-refractivity contribution in [3.63, 3.8) is 0 Å². The summed E-state index contributed by atoms with van der Waals surface area (Å²) >= 11 is 0. The Morgan fingerprint density at radius 3 is 2.60 bits per heavy atom. The molecule has 134 valence electrons. The first-order valence-electron chi connectivity index (χ1n) is 8.88. The molecule has 3 nitrogen and oxygen atoms in total. The molecule has 1 unspecified atom stereocenters. The SMILES string of the molecule is Cc1ccc(S(=O)C[C@H](O)[C@@H]2C[C@H]2CCOCc2ccccc2)cc1. The molecule has 4 atom stereocenters. The summed E-state index contributed by atoms with van der Waals surface area (Å²) in [6, 6.07) is 17.8. The molecule has 0 amide bonds. The number of benzene rings is 2. The molecular formula is C21H26O3S. The second-order valence-corrected chi connectivity index (χ2v) is 8.37. The average Bonchev–Trinajstić information content (AvgIpc) is 3.40. The van der Waals surface area contributed by atoms with Crippen LogP contribution in [0.15, 0.2) is 59.5 Å². The van der Waals surface area contributed by atoms with E-state index in [0.717, 1.165) is 23.3 Å². The van der Waals surface area contributed by atoms with Crippen molar-refractivity contribution in [3.05, 3.63) is 65.7 Å². The van der Waals surface area contributed by atoms with Crippen molar-refractivity contribution in [3.8, 4) is 0 Å². The van der Waals surface area contributed by atoms with Gasteiger partial charge in [-0.15, -0.1) is 0 Å². The fraction of sp³-hybridized carbons (Fsp3) is 0.429. The van der Waals surface area contributed by atoms with Gasteiger partial charge in [-0.3, -0.25) is 4.21 Å². The highest BCUT2D eigenvalue weighted by molar-refractivity contribution is 7.85. The normalized spacial score (nSPS) is 21.7. The van der Waals surface area contributed by atoms with E-state index in [1.165, 1.54) is 5.56 Å². The van der Waals surface area contributed by atoms with E-state index in [2.05, 4.69) is 12.1 Å². The van der Waals surface area contributed by atoms with Crippen molar-refractivity contribution in [1.29, 1.82) is 0 Å². The fourth-order valence-corrected chi connectivity index (χ4v) is 4.33. The van der Waals surface area contributed by atoms with Crippen molar-refractivity contribution in [1.82, 2.24) is 0 Å². The van der Waals surface area contributed by atoms with E-state index in [0.29, 0.717) is 24.9 Å². The van der Waals surface area contributed by atoms with Gasteiger partial charge in [0.05, 0.1) is 29.3 Å². The smallest absolute Gasteiger partial charge is 0.0716 e. The zero-order chi connectivity index (χ0) is 17.6. The summed E-state index contributed by atoms with van der Waals surface area (Å²) < 4.78 is 18.1. The molecule has 0 aliphatic heterocycles. The van der Waals surface area contributed by atoms with Crippen LogP contribution < -0.4 is 0 Å². The molecule has 2 aromatic carbocycles. The molecule has 0 bridgehead atoms. The van der Waals surface area contributed by atoms with Gasteiger partial charge in [0, 0.05) is 11.5 Å². The van der Waals surface area contributed by atoms with Crippen LogP contribution in [0.2, 0.25) is 0 Å². The van der Waals surface area contributed by atoms with Crippen LogP contribution in [0.25, 0.3) is 0 Å². The molecule has 0 saturated heterocycles. The van der Waals surface area contributed by atoms with E-state index in [-0.39, 0.29) is 5.92 Å². The zero-order valence-corrected chi connectivity index (χ0v) is 15.5. The number of aliphatic hydroxyl groups is 1. The third kappa shape index (κ3) is 5.50. The van der Waals surface area contributed by atoms with E-state index >= 15 is 0 Å². The highest BCUT2D eigenvalue weighted by atomic mass is 32.2. The minimum Gasteiger partial charge on any atom is -0.392 e. The fourth-order valence-electron chi connectivity index (χ4n) is 3.14. The molecule has 0 spiro atoms. The van der Waals surface area contributed by atoms with E-state index in [1.54, 1.807) is 0 Å². The standard InChI is InChI=1S/C21H26O3S/c1-16-7-9-19(10-8-16)25(23)15-21(22)20-13-18(20)11-12-24-14-17-5-3-2-4-6-17/h2-10,18,20-22H,11-15H2,1H3/t18-,20-,21+,25?/m1/s1. The van der Waals surface area contributed by atoms with E-state index in [9.17, 15) is 9.32 Å². The molecule has 1 fully saturated rings. The summed E-state index contributed by atoms with van der Waals surface area (Å²) in [5.41, 5.74) is 2.34. The largest absolute Gasteiger partial charge is 0.392 e. The molecule has 1 aliphatic carbocycles. The van der Waals surface area contributed by atoms with E-state index in [4.69, 9.17) is 4.74 Å². The van der Waals surface area contributed by atoms with Crippen LogP contribution in [0.3, 0.4) is 0 Å². The number of rotatable bonds is 9. The van der Waals surface area contributed by atoms with Gasteiger partial charge in [0.25, 0.3) is 0 Å². The van der Waals surface area contributed by atoms with Gasteiger partial charge in [0.2, 0.25) is 0 Å². The van der Waals surface area contributed by atoms with Gasteiger partial charge >= 0.3 is 0 Å². The van der Waals surface area contributed by atoms with Crippen LogP contribution in [-0.4, -0.2) is 27.8 Å². The average molecular weight is 359 g/mol. The summed E-state index contributed by atoms with van der Waals surface area (Å²) in [6.07, 6.45) is 1.49. The molecule has 25 heavy (non-hydrogen) atoms. The molecule has 1 saturated carbocycles. The maximum absolute atomic E-state index is 12.3. The van der Waals surface area contributed by atoms with Crippen LogP contribution in [0, 0.1) is 18.8 Å². The maximum Gasteiger partial charge on any atom is 0.0716 e. The first-order valence-corrected chi connectivity index (χ1v) is 10.2. The van der Waals surface area contributed by atoms with E-state index < -0.39 is 16.9 Å². The third-order valence-electron chi connectivity index (χ3n) is 4.82. The summed E-state index contributed by atoms with van der Waals surface area (Å²) in [4.78, 5) is 0.799. The molecule has 1 aliphatic rings. The number of aryl methyl sites for hydroxylation is 1. The Hall–Kier alpha value is -1.49. The number of aliphatic hydroxyl groups excluding tert-OH is 1. The Bertz CT molecular complexity index is 684. The monoisotopic (exact) mass is 358 g/mol. The van der Waals surface area contributed by atoms with Gasteiger partial charge in [-0.25, -0.2) is 0 Å². The van der Waals surface area contributed by atoms with Crippen LogP contribution in [0.1, 0.15) is 24.0 Å². The minimum atomic E-state index is -1.13. The molecule has 1 N–H and O–H groups in total. The van der Waals surface area contributed by atoms with Crippen LogP contribution in [-0.2, 0) is 22.1 Å². The quantitative estimate of drug-likeness (QED) is 0.695. The van der Waals surface area contributed by atoms with E-state index in [1.807, 2.05) is 49.4 Å². The molecule has 3 rings (SSSR count). The predicted molar refractivity (Wildman–Crippen MR) is 101 cm³/mol. The summed E-state index contributed by atoms with van der Waals surface area (Å²) in [5.74, 6) is 1.10. The molecule has 0 heterocycles. The lowest BCUT2D eigenvalue weighted by Gasteiger charge is -2.11. The molecule has 4 heteroatoms. The Morgan fingerprint density at radius 1 is 1.16 bits per heavy atom. The second-order valence-electron chi connectivity index (χ2n) is 6.88. The van der Waals surface area contributed by atoms with Crippen LogP contribution >= 0.6 is 0 Å². The van der Waals surface area contributed by atoms with Gasteiger partial charge in [-0.05, 0) is 49.3 Å². The maximum atomic E-state index is 12.3. The summed E-state index contributed by atoms with van der Waals surface area (Å²) in [6.45, 7) is 3.36. The lowest BCUT2D eigenvalue weighted by Crippen LogP contribution is -2.20. The lowest BCUT2D eigenvalue weighted by molar-refractivity contribution is 0.109. The topological polar surface area (TPSA) is 46.5 Å². The molecular weight excluding hydrogens is 332 g/mol. The Morgan fingerprint density at radius 2 is 1.88 bits per heavy atom. The number of hydrogen-bond acceptors (Lipinski definition) is 3. The summed E-state index contributed by atoms with van der Waals surface area (Å²) in [7, 11) is -1.13. The highest BCUT2D eigenvalue weighted by Crippen LogP contribution is 2.44. The molecule has 2 aromatic rings. The highest BCUT2D eigenvalue weighted by Gasteiger charge is 2.42. The van der Waals surface area contributed by atoms with Crippen molar-refractivity contribution < 1.29 is 14.1 Å². The van der Waals surface area contributed by atoms with Gasteiger partial charge < -0.3 is 9.84 Å². The predicted octanol–water partition coefficient (Wildman–Crippen LogP) is 3.71. The summed E-state index contributed by atoms with van der Waals surface area (Å²) in [5, 5.41) is 10.3. The van der Waals surface area contributed by atoms with Crippen molar-refractivity contribution in [2.45, 2.75) is 37.4 Å². The van der Waals surface area contributed by atoms with Gasteiger partial charge in [0.1, 0.15) is 0 Å². The first kappa shape index (κ1) is 18.3. The van der Waals surface area contributed by atoms with Crippen molar-refractivity contribution in [2.75, 3.05) is 12.4 Å².